The second kappa shape index (κ2) is 5.88. The Hall–Kier alpha value is -2.45. The molecule has 0 radical (unpaired) electrons. The highest BCUT2D eigenvalue weighted by atomic mass is 16.5. The summed E-state index contributed by atoms with van der Waals surface area (Å²) in [6.45, 7) is 2.12. The van der Waals surface area contributed by atoms with Crippen LogP contribution in [0.3, 0.4) is 0 Å². The standard InChI is InChI=1S/C16H18N4O4/c21-14-7-24-10-16(9-23-4-3-20(14)16)8-18-15(22)13-5-11-6-17-2-1-12(11)19-13/h1-2,5-6,19H,3-4,7-10H2,(H,18,22). The number of ether oxygens (including phenoxy) is 2. The Morgan fingerprint density at radius 3 is 3.17 bits per heavy atom. The minimum Gasteiger partial charge on any atom is -0.377 e. The smallest absolute Gasteiger partial charge is 0.267 e. The molecule has 4 heterocycles. The SMILES string of the molecule is O=C(NCC12COCCN1C(=O)COC2)c1cc2cnccc2[nH]1. The molecule has 0 spiro atoms. The summed E-state index contributed by atoms with van der Waals surface area (Å²) in [5.41, 5.74) is 0.685. The van der Waals surface area contributed by atoms with Gasteiger partial charge in [0.15, 0.2) is 0 Å². The van der Waals surface area contributed by atoms with Gasteiger partial charge in [0, 0.05) is 36.4 Å². The fourth-order valence-corrected chi connectivity index (χ4v) is 3.28. The summed E-state index contributed by atoms with van der Waals surface area (Å²) in [6.07, 6.45) is 3.37. The van der Waals surface area contributed by atoms with Crippen LogP contribution >= 0.6 is 0 Å². The largest absolute Gasteiger partial charge is 0.377 e. The van der Waals surface area contributed by atoms with Gasteiger partial charge in [-0.2, -0.15) is 0 Å². The lowest BCUT2D eigenvalue weighted by Crippen LogP contribution is -2.69. The number of rotatable bonds is 3. The fraction of sp³-hybridized carbons (Fsp3) is 0.438. The average molecular weight is 330 g/mol. The number of aromatic amines is 1. The second-order valence-corrected chi connectivity index (χ2v) is 6.14. The Morgan fingerprint density at radius 1 is 1.42 bits per heavy atom. The zero-order valence-electron chi connectivity index (χ0n) is 13.1. The van der Waals surface area contributed by atoms with Crippen molar-refractivity contribution in [3.8, 4) is 0 Å². The molecular formula is C16H18N4O4. The van der Waals surface area contributed by atoms with Gasteiger partial charge < -0.3 is 24.7 Å². The molecule has 4 rings (SSSR count). The van der Waals surface area contributed by atoms with Crippen molar-refractivity contribution in [3.63, 3.8) is 0 Å². The van der Waals surface area contributed by atoms with Crippen LogP contribution in [-0.2, 0) is 14.3 Å². The number of carbonyl (C=O) groups excluding carboxylic acids is 2. The maximum atomic E-state index is 12.5. The number of pyridine rings is 1. The molecule has 1 atom stereocenters. The van der Waals surface area contributed by atoms with Crippen molar-refractivity contribution in [2.24, 2.45) is 0 Å². The number of carbonyl (C=O) groups is 2. The number of hydrogen-bond donors (Lipinski definition) is 2. The Kier molecular flexibility index (Phi) is 3.70. The van der Waals surface area contributed by atoms with Gasteiger partial charge in [0.2, 0.25) is 5.91 Å². The first-order valence-electron chi connectivity index (χ1n) is 7.85. The van der Waals surface area contributed by atoms with E-state index in [4.69, 9.17) is 9.47 Å². The summed E-state index contributed by atoms with van der Waals surface area (Å²) < 4.78 is 10.9. The number of amides is 2. The van der Waals surface area contributed by atoms with Crippen molar-refractivity contribution >= 4 is 22.7 Å². The molecule has 2 aliphatic heterocycles. The Labute approximate surface area is 138 Å². The summed E-state index contributed by atoms with van der Waals surface area (Å²) in [5.74, 6) is -0.292. The maximum absolute atomic E-state index is 12.5. The van der Waals surface area contributed by atoms with Crippen molar-refractivity contribution in [1.29, 1.82) is 0 Å². The Bertz CT molecular complexity index is 752. The lowest BCUT2D eigenvalue weighted by Gasteiger charge is -2.49. The summed E-state index contributed by atoms with van der Waals surface area (Å²) in [7, 11) is 0. The van der Waals surface area contributed by atoms with E-state index in [0.29, 0.717) is 32.1 Å². The van der Waals surface area contributed by atoms with Crippen LogP contribution in [0.1, 0.15) is 10.5 Å². The zero-order valence-corrected chi connectivity index (χ0v) is 13.1. The van der Waals surface area contributed by atoms with Gasteiger partial charge in [-0.1, -0.05) is 0 Å². The van der Waals surface area contributed by atoms with Crippen LogP contribution in [0.2, 0.25) is 0 Å². The summed E-state index contributed by atoms with van der Waals surface area (Å²) in [4.78, 5) is 33.4. The average Bonchev–Trinajstić information content (AvgIpc) is 3.04. The molecule has 2 aromatic rings. The van der Waals surface area contributed by atoms with E-state index in [-0.39, 0.29) is 25.0 Å². The Morgan fingerprint density at radius 2 is 2.29 bits per heavy atom. The van der Waals surface area contributed by atoms with Crippen molar-refractivity contribution in [2.45, 2.75) is 5.54 Å². The number of nitrogens with one attached hydrogen (secondary N) is 2. The molecule has 2 fully saturated rings. The highest BCUT2D eigenvalue weighted by Crippen LogP contribution is 2.24. The molecule has 2 amide bonds. The van der Waals surface area contributed by atoms with E-state index in [1.165, 1.54) is 0 Å². The molecule has 8 heteroatoms. The van der Waals surface area contributed by atoms with Gasteiger partial charge in [-0.15, -0.1) is 0 Å². The number of H-pyrrole nitrogens is 1. The number of hydrogen-bond acceptors (Lipinski definition) is 5. The minimum absolute atomic E-state index is 0.0597. The van der Waals surface area contributed by atoms with Crippen molar-refractivity contribution in [3.05, 3.63) is 30.2 Å². The molecular weight excluding hydrogens is 312 g/mol. The molecule has 126 valence electrons. The second-order valence-electron chi connectivity index (χ2n) is 6.14. The monoisotopic (exact) mass is 330 g/mol. The Balaban J connectivity index is 1.50. The van der Waals surface area contributed by atoms with Crippen LogP contribution < -0.4 is 5.32 Å². The van der Waals surface area contributed by atoms with E-state index in [1.54, 1.807) is 23.4 Å². The van der Waals surface area contributed by atoms with Crippen LogP contribution in [0.4, 0.5) is 0 Å². The van der Waals surface area contributed by atoms with Gasteiger partial charge in [-0.3, -0.25) is 14.6 Å². The number of morpholine rings is 2. The molecule has 2 aromatic heterocycles. The van der Waals surface area contributed by atoms with Crippen LogP contribution in [0.25, 0.3) is 10.9 Å². The highest BCUT2D eigenvalue weighted by Gasteiger charge is 2.45. The van der Waals surface area contributed by atoms with E-state index in [1.807, 2.05) is 6.07 Å². The van der Waals surface area contributed by atoms with Gasteiger partial charge in [-0.25, -0.2) is 0 Å². The molecule has 8 nitrogen and oxygen atoms in total. The highest BCUT2D eigenvalue weighted by molar-refractivity contribution is 5.97. The van der Waals surface area contributed by atoms with Gasteiger partial charge in [-0.05, 0) is 12.1 Å². The molecule has 0 bridgehead atoms. The summed E-state index contributed by atoms with van der Waals surface area (Å²) in [6, 6.07) is 3.57. The van der Waals surface area contributed by atoms with E-state index >= 15 is 0 Å². The van der Waals surface area contributed by atoms with Gasteiger partial charge in [0.25, 0.3) is 5.91 Å². The summed E-state index contributed by atoms with van der Waals surface area (Å²) >= 11 is 0. The van der Waals surface area contributed by atoms with E-state index in [2.05, 4.69) is 15.3 Å². The predicted octanol–water partition coefficient (Wildman–Crippen LogP) is -0.0795. The van der Waals surface area contributed by atoms with Crippen molar-refractivity contribution < 1.29 is 19.1 Å². The fourth-order valence-electron chi connectivity index (χ4n) is 3.28. The van der Waals surface area contributed by atoms with Crippen molar-refractivity contribution in [2.75, 3.05) is 39.5 Å². The van der Waals surface area contributed by atoms with Crippen LogP contribution in [0.5, 0.6) is 0 Å². The lowest BCUT2D eigenvalue weighted by molar-refractivity contribution is -0.176. The molecule has 0 saturated carbocycles. The van der Waals surface area contributed by atoms with Crippen LogP contribution in [0.15, 0.2) is 24.5 Å². The molecule has 0 aromatic carbocycles. The minimum atomic E-state index is -0.628. The number of aromatic nitrogens is 2. The molecule has 1 unspecified atom stereocenters. The number of nitrogens with zero attached hydrogens (tertiary/aromatic N) is 2. The molecule has 2 saturated heterocycles. The number of fused-ring (bicyclic) bond motifs is 2. The van der Waals surface area contributed by atoms with Gasteiger partial charge in [0.1, 0.15) is 17.8 Å². The zero-order chi connectivity index (χ0) is 16.6. The quantitative estimate of drug-likeness (QED) is 0.821. The van der Waals surface area contributed by atoms with E-state index in [0.717, 1.165) is 10.9 Å². The first-order chi connectivity index (χ1) is 11.7. The molecule has 24 heavy (non-hydrogen) atoms. The van der Waals surface area contributed by atoms with E-state index in [9.17, 15) is 9.59 Å². The summed E-state index contributed by atoms with van der Waals surface area (Å²) in [5, 5.41) is 3.77. The third-order valence-corrected chi connectivity index (χ3v) is 4.54. The van der Waals surface area contributed by atoms with Crippen molar-refractivity contribution in [1.82, 2.24) is 20.2 Å². The van der Waals surface area contributed by atoms with Crippen LogP contribution in [0, 0.1) is 0 Å². The normalized spacial score (nSPS) is 24.0. The van der Waals surface area contributed by atoms with Gasteiger partial charge >= 0.3 is 0 Å². The molecule has 2 aliphatic rings. The molecule has 2 N–H and O–H groups in total. The molecule has 0 aliphatic carbocycles. The third kappa shape index (κ3) is 2.53. The van der Waals surface area contributed by atoms with Gasteiger partial charge in [0.05, 0.1) is 19.8 Å². The third-order valence-electron chi connectivity index (χ3n) is 4.54. The predicted molar refractivity (Wildman–Crippen MR) is 84.5 cm³/mol. The van der Waals surface area contributed by atoms with Crippen LogP contribution in [-0.4, -0.2) is 71.7 Å². The first-order valence-corrected chi connectivity index (χ1v) is 7.85. The maximum Gasteiger partial charge on any atom is 0.267 e. The first kappa shape index (κ1) is 15.1. The van der Waals surface area contributed by atoms with E-state index < -0.39 is 5.54 Å². The topological polar surface area (TPSA) is 96.6 Å². The lowest BCUT2D eigenvalue weighted by atomic mass is 9.96.